The Balaban J connectivity index is 1.62. The second kappa shape index (κ2) is 7.66. The SMILES string of the molecule is COc1ccccc1NC(=O)N1CCN(c2cccc(Cl)c2C)CC1. The first kappa shape index (κ1) is 17.4. The van der Waals surface area contributed by atoms with Crippen LogP contribution in [0.15, 0.2) is 42.5 Å². The molecular formula is C19H22ClN3O2. The van der Waals surface area contributed by atoms with Gasteiger partial charge in [0.05, 0.1) is 12.8 Å². The quantitative estimate of drug-likeness (QED) is 0.900. The molecule has 1 aliphatic rings. The molecule has 1 fully saturated rings. The molecule has 132 valence electrons. The summed E-state index contributed by atoms with van der Waals surface area (Å²) in [5.74, 6) is 0.657. The fourth-order valence-electron chi connectivity index (χ4n) is 3.03. The number of rotatable bonds is 3. The summed E-state index contributed by atoms with van der Waals surface area (Å²) in [6.07, 6.45) is 0. The van der Waals surface area contributed by atoms with E-state index in [9.17, 15) is 4.79 Å². The van der Waals surface area contributed by atoms with Crippen molar-refractivity contribution in [3.05, 3.63) is 53.1 Å². The minimum absolute atomic E-state index is 0.105. The normalized spacial score (nSPS) is 14.4. The Kier molecular flexibility index (Phi) is 5.34. The fourth-order valence-corrected chi connectivity index (χ4v) is 3.20. The van der Waals surface area contributed by atoms with Crippen LogP contribution in [0.25, 0.3) is 0 Å². The lowest BCUT2D eigenvalue weighted by molar-refractivity contribution is 0.208. The van der Waals surface area contributed by atoms with Crippen molar-refractivity contribution in [3.63, 3.8) is 0 Å². The van der Waals surface area contributed by atoms with Gasteiger partial charge in [-0.2, -0.15) is 0 Å². The molecule has 1 heterocycles. The number of piperazine rings is 1. The standard InChI is InChI=1S/C19H22ClN3O2/c1-14-15(20)6-5-8-17(14)22-10-12-23(13-11-22)19(24)21-16-7-3-4-9-18(16)25-2/h3-9H,10-13H2,1-2H3,(H,21,24). The van der Waals surface area contributed by atoms with Crippen LogP contribution in [0.3, 0.4) is 0 Å². The summed E-state index contributed by atoms with van der Waals surface area (Å²) in [4.78, 5) is 16.6. The van der Waals surface area contributed by atoms with Crippen LogP contribution < -0.4 is 15.0 Å². The number of carbonyl (C=O) groups excluding carboxylic acids is 1. The molecule has 25 heavy (non-hydrogen) atoms. The smallest absolute Gasteiger partial charge is 0.322 e. The van der Waals surface area contributed by atoms with Crippen molar-refractivity contribution >= 4 is 29.0 Å². The van der Waals surface area contributed by atoms with Gasteiger partial charge >= 0.3 is 6.03 Å². The van der Waals surface area contributed by atoms with Gasteiger partial charge in [-0.1, -0.05) is 29.8 Å². The van der Waals surface area contributed by atoms with Crippen LogP contribution in [-0.2, 0) is 0 Å². The molecule has 0 bridgehead atoms. The Morgan fingerprint density at radius 2 is 1.80 bits per heavy atom. The molecule has 3 rings (SSSR count). The van der Waals surface area contributed by atoms with Crippen molar-refractivity contribution in [2.75, 3.05) is 43.5 Å². The molecule has 1 aliphatic heterocycles. The van der Waals surface area contributed by atoms with Gasteiger partial charge in [-0.3, -0.25) is 0 Å². The highest BCUT2D eigenvalue weighted by atomic mass is 35.5. The Bertz CT molecular complexity index is 758. The average molecular weight is 360 g/mol. The van der Waals surface area contributed by atoms with Gasteiger partial charge < -0.3 is 19.9 Å². The molecule has 2 amide bonds. The number of nitrogens with zero attached hydrogens (tertiary/aromatic N) is 2. The minimum atomic E-state index is -0.105. The van der Waals surface area contributed by atoms with Gasteiger partial charge in [0.1, 0.15) is 5.75 Å². The molecule has 1 saturated heterocycles. The maximum atomic E-state index is 12.5. The van der Waals surface area contributed by atoms with Crippen LogP contribution in [0.4, 0.5) is 16.2 Å². The molecule has 1 N–H and O–H groups in total. The van der Waals surface area contributed by atoms with E-state index in [2.05, 4.69) is 16.3 Å². The number of para-hydroxylation sites is 2. The lowest BCUT2D eigenvalue weighted by Crippen LogP contribution is -2.50. The zero-order valence-electron chi connectivity index (χ0n) is 14.5. The van der Waals surface area contributed by atoms with E-state index in [0.717, 1.165) is 29.4 Å². The lowest BCUT2D eigenvalue weighted by atomic mass is 10.1. The van der Waals surface area contributed by atoms with Gasteiger partial charge in [0.25, 0.3) is 0 Å². The number of nitrogens with one attached hydrogen (secondary N) is 1. The van der Waals surface area contributed by atoms with Crippen molar-refractivity contribution in [3.8, 4) is 5.75 Å². The van der Waals surface area contributed by atoms with Crippen LogP contribution in [0.1, 0.15) is 5.56 Å². The number of halogens is 1. The third-order valence-electron chi connectivity index (χ3n) is 4.50. The summed E-state index contributed by atoms with van der Waals surface area (Å²) < 4.78 is 5.28. The van der Waals surface area contributed by atoms with Gasteiger partial charge in [-0.15, -0.1) is 0 Å². The zero-order chi connectivity index (χ0) is 17.8. The molecule has 2 aromatic rings. The number of urea groups is 1. The van der Waals surface area contributed by atoms with E-state index < -0.39 is 0 Å². The van der Waals surface area contributed by atoms with E-state index in [1.54, 1.807) is 7.11 Å². The first-order valence-corrected chi connectivity index (χ1v) is 8.67. The van der Waals surface area contributed by atoms with Gasteiger partial charge in [0, 0.05) is 36.9 Å². The summed E-state index contributed by atoms with van der Waals surface area (Å²) in [7, 11) is 1.59. The fraction of sp³-hybridized carbons (Fsp3) is 0.316. The molecule has 5 nitrogen and oxygen atoms in total. The molecule has 0 aromatic heterocycles. The van der Waals surface area contributed by atoms with Crippen LogP contribution in [0.5, 0.6) is 5.75 Å². The highest BCUT2D eigenvalue weighted by molar-refractivity contribution is 6.31. The van der Waals surface area contributed by atoms with Gasteiger partial charge in [0.2, 0.25) is 0 Å². The second-order valence-corrected chi connectivity index (χ2v) is 6.40. The summed E-state index contributed by atoms with van der Waals surface area (Å²) in [6.45, 7) is 4.90. The van der Waals surface area contributed by atoms with Crippen molar-refractivity contribution in [2.45, 2.75) is 6.92 Å². The first-order valence-electron chi connectivity index (χ1n) is 8.29. The van der Waals surface area contributed by atoms with Crippen LogP contribution in [0, 0.1) is 6.92 Å². The monoisotopic (exact) mass is 359 g/mol. The van der Waals surface area contributed by atoms with E-state index in [1.807, 2.05) is 48.2 Å². The third kappa shape index (κ3) is 3.82. The topological polar surface area (TPSA) is 44.8 Å². The Morgan fingerprint density at radius 1 is 1.08 bits per heavy atom. The van der Waals surface area contributed by atoms with E-state index in [-0.39, 0.29) is 6.03 Å². The maximum Gasteiger partial charge on any atom is 0.322 e. The number of hydrogen-bond donors (Lipinski definition) is 1. The molecule has 0 aliphatic carbocycles. The summed E-state index contributed by atoms with van der Waals surface area (Å²) in [6, 6.07) is 13.2. The van der Waals surface area contributed by atoms with Gasteiger partial charge in [0.15, 0.2) is 0 Å². The maximum absolute atomic E-state index is 12.5. The van der Waals surface area contributed by atoms with E-state index in [0.29, 0.717) is 24.5 Å². The number of ether oxygens (including phenoxy) is 1. The predicted molar refractivity (Wildman–Crippen MR) is 102 cm³/mol. The number of amides is 2. The van der Waals surface area contributed by atoms with Crippen LogP contribution in [0.2, 0.25) is 5.02 Å². The summed E-state index contributed by atoms with van der Waals surface area (Å²) in [5, 5.41) is 3.70. The van der Waals surface area contributed by atoms with E-state index in [4.69, 9.17) is 16.3 Å². The lowest BCUT2D eigenvalue weighted by Gasteiger charge is -2.36. The molecule has 0 spiro atoms. The van der Waals surface area contributed by atoms with Gasteiger partial charge in [-0.25, -0.2) is 4.79 Å². The molecule has 6 heteroatoms. The highest BCUT2D eigenvalue weighted by Crippen LogP contribution is 2.28. The molecule has 0 saturated carbocycles. The molecule has 0 radical (unpaired) electrons. The van der Waals surface area contributed by atoms with E-state index in [1.165, 1.54) is 0 Å². The third-order valence-corrected chi connectivity index (χ3v) is 4.90. The number of carbonyl (C=O) groups is 1. The van der Waals surface area contributed by atoms with Crippen LogP contribution >= 0.6 is 11.6 Å². The Hall–Kier alpha value is -2.40. The average Bonchev–Trinajstić information content (AvgIpc) is 2.64. The first-order chi connectivity index (χ1) is 12.1. The zero-order valence-corrected chi connectivity index (χ0v) is 15.2. The van der Waals surface area contributed by atoms with Crippen molar-refractivity contribution < 1.29 is 9.53 Å². The summed E-state index contributed by atoms with van der Waals surface area (Å²) >= 11 is 6.22. The minimum Gasteiger partial charge on any atom is -0.495 e. The Morgan fingerprint density at radius 3 is 2.52 bits per heavy atom. The van der Waals surface area contributed by atoms with Crippen LogP contribution in [-0.4, -0.2) is 44.2 Å². The number of methoxy groups -OCH3 is 1. The predicted octanol–water partition coefficient (Wildman–Crippen LogP) is 4.01. The largest absolute Gasteiger partial charge is 0.495 e. The van der Waals surface area contributed by atoms with Crippen molar-refractivity contribution in [1.29, 1.82) is 0 Å². The molecule has 0 atom stereocenters. The molecule has 0 unspecified atom stereocenters. The van der Waals surface area contributed by atoms with E-state index >= 15 is 0 Å². The molecule has 2 aromatic carbocycles. The number of hydrogen-bond acceptors (Lipinski definition) is 3. The Labute approximate surface area is 153 Å². The van der Waals surface area contributed by atoms with Gasteiger partial charge in [-0.05, 0) is 36.8 Å². The highest BCUT2D eigenvalue weighted by Gasteiger charge is 2.23. The second-order valence-electron chi connectivity index (χ2n) is 5.99. The summed E-state index contributed by atoms with van der Waals surface area (Å²) in [5.41, 5.74) is 2.90. The van der Waals surface area contributed by atoms with Crippen molar-refractivity contribution in [2.24, 2.45) is 0 Å². The van der Waals surface area contributed by atoms with Crippen molar-refractivity contribution in [1.82, 2.24) is 4.90 Å². The number of benzene rings is 2. The number of anilines is 2. The molecular weight excluding hydrogens is 338 g/mol.